The maximum Gasteiger partial charge on any atom is 0.365 e. The highest BCUT2D eigenvalue weighted by Crippen LogP contribution is 2.25. The molecule has 0 atom stereocenters. The molecule has 0 spiro atoms. The monoisotopic (exact) mass is 351 g/mol. The molecular weight excluding hydrogens is 333 g/mol. The number of morpholine rings is 1. The molecule has 0 unspecified atom stereocenters. The van der Waals surface area contributed by atoms with Gasteiger partial charge in [0.25, 0.3) is 0 Å². The lowest BCUT2D eigenvalue weighted by Gasteiger charge is -2.29. The van der Waals surface area contributed by atoms with Crippen molar-refractivity contribution < 1.29 is 13.7 Å². The van der Waals surface area contributed by atoms with Crippen LogP contribution in [0.5, 0.6) is 0 Å². The van der Waals surface area contributed by atoms with Crippen molar-refractivity contribution in [3.8, 4) is 11.1 Å². The maximum absolute atomic E-state index is 14.5. The maximum atomic E-state index is 14.5. The topological polar surface area (TPSA) is 59.6 Å². The average molecular weight is 351 g/mol. The van der Waals surface area contributed by atoms with E-state index < -0.39 is 5.63 Å². The zero-order valence-electron chi connectivity index (χ0n) is 13.3. The fourth-order valence-corrected chi connectivity index (χ4v) is 2.64. The Morgan fingerprint density at radius 2 is 2.12 bits per heavy atom. The second-order valence-electron chi connectivity index (χ2n) is 5.50. The van der Waals surface area contributed by atoms with Gasteiger partial charge in [-0.15, -0.1) is 0 Å². The van der Waals surface area contributed by atoms with Crippen molar-refractivity contribution in [1.82, 2.24) is 10.1 Å². The minimum Gasteiger partial charge on any atom is -0.378 e. The van der Waals surface area contributed by atoms with Gasteiger partial charge in [0, 0.05) is 13.1 Å². The Balaban J connectivity index is 1.83. The summed E-state index contributed by atoms with van der Waals surface area (Å²) in [5.41, 5.74) is 0.795. The highest BCUT2D eigenvalue weighted by molar-refractivity contribution is 7.80. The first-order valence-corrected chi connectivity index (χ1v) is 8.03. The number of aromatic nitrogens is 1. The van der Waals surface area contributed by atoms with Gasteiger partial charge < -0.3 is 19.5 Å². The summed E-state index contributed by atoms with van der Waals surface area (Å²) >= 11 is 4.91. The van der Waals surface area contributed by atoms with E-state index in [9.17, 15) is 9.18 Å². The molecule has 2 heterocycles. The molecule has 2 aromatic rings. The molecule has 0 aliphatic carbocycles. The van der Waals surface area contributed by atoms with Gasteiger partial charge in [-0.2, -0.15) is 4.74 Å². The molecule has 1 aromatic carbocycles. The molecule has 0 amide bonds. The minimum absolute atomic E-state index is 0.249. The van der Waals surface area contributed by atoms with E-state index in [4.69, 9.17) is 21.5 Å². The van der Waals surface area contributed by atoms with Crippen LogP contribution in [0.15, 0.2) is 33.7 Å². The van der Waals surface area contributed by atoms with Gasteiger partial charge in [-0.1, -0.05) is 18.3 Å². The Morgan fingerprint density at radius 3 is 2.79 bits per heavy atom. The molecule has 0 radical (unpaired) electrons. The number of hydrogen-bond donors (Lipinski definition) is 1. The first-order valence-electron chi connectivity index (χ1n) is 7.62. The summed E-state index contributed by atoms with van der Waals surface area (Å²) in [7, 11) is 0. The second kappa shape index (κ2) is 7.14. The number of hydrogen-bond acceptors (Lipinski definition) is 5. The SMILES string of the molecule is CC(=S)NCn1cc(-c2ccc(N3CCOCC3)c(F)c2)c(=O)o1. The van der Waals surface area contributed by atoms with E-state index in [0.717, 1.165) is 0 Å². The number of ether oxygens (including phenoxy) is 1. The summed E-state index contributed by atoms with van der Waals surface area (Å²) in [6.45, 7) is 4.45. The van der Waals surface area contributed by atoms with Crippen molar-refractivity contribution in [2.45, 2.75) is 13.6 Å². The molecule has 128 valence electrons. The number of anilines is 1. The second-order valence-corrected chi connectivity index (χ2v) is 6.11. The highest BCUT2D eigenvalue weighted by Gasteiger charge is 2.17. The van der Waals surface area contributed by atoms with Crippen molar-refractivity contribution in [1.29, 1.82) is 0 Å². The zero-order valence-corrected chi connectivity index (χ0v) is 14.1. The van der Waals surface area contributed by atoms with Crippen molar-refractivity contribution in [3.05, 3.63) is 40.6 Å². The lowest BCUT2D eigenvalue weighted by Crippen LogP contribution is -2.36. The standard InChI is InChI=1S/C16H18FN3O3S/c1-11(24)18-10-20-9-13(16(21)23-20)12-2-3-15(14(17)8-12)19-4-6-22-7-5-19/h2-3,8-9H,4-7,10H2,1H3,(H,18,24). The van der Waals surface area contributed by atoms with Crippen molar-refractivity contribution in [2.24, 2.45) is 0 Å². The van der Waals surface area contributed by atoms with Crippen LogP contribution in [-0.4, -0.2) is 36.0 Å². The summed E-state index contributed by atoms with van der Waals surface area (Å²) in [5, 5.41) is 2.89. The van der Waals surface area contributed by atoms with Crippen LogP contribution < -0.4 is 15.8 Å². The van der Waals surface area contributed by atoms with Crippen molar-refractivity contribution >= 4 is 22.9 Å². The number of thiocarbonyl (C=S) groups is 1. The molecule has 3 rings (SSSR count). The van der Waals surface area contributed by atoms with Gasteiger partial charge in [0.05, 0.1) is 35.6 Å². The van der Waals surface area contributed by atoms with Crippen LogP contribution in [0.25, 0.3) is 11.1 Å². The molecule has 1 fully saturated rings. The van der Waals surface area contributed by atoms with Gasteiger partial charge in [-0.3, -0.25) is 0 Å². The summed E-state index contributed by atoms with van der Waals surface area (Å²) in [6.07, 6.45) is 1.54. The largest absolute Gasteiger partial charge is 0.378 e. The Bertz CT molecular complexity index is 796. The van der Waals surface area contributed by atoms with E-state index >= 15 is 0 Å². The molecule has 8 heteroatoms. The molecule has 1 aromatic heterocycles. The van der Waals surface area contributed by atoms with Gasteiger partial charge in [-0.05, 0) is 24.6 Å². The summed E-state index contributed by atoms with van der Waals surface area (Å²) in [4.78, 5) is 14.5. The van der Waals surface area contributed by atoms with Gasteiger partial charge in [0.15, 0.2) is 0 Å². The lowest BCUT2D eigenvalue weighted by atomic mass is 10.1. The molecule has 0 bridgehead atoms. The van der Waals surface area contributed by atoms with Gasteiger partial charge in [0.2, 0.25) is 0 Å². The molecule has 1 aliphatic heterocycles. The Kier molecular flexibility index (Phi) is 4.96. The van der Waals surface area contributed by atoms with Gasteiger partial charge in [-0.25, -0.2) is 9.18 Å². The van der Waals surface area contributed by atoms with Gasteiger partial charge >= 0.3 is 5.63 Å². The first kappa shape index (κ1) is 16.7. The Labute approximate surface area is 143 Å². The zero-order chi connectivity index (χ0) is 17.1. The van der Waals surface area contributed by atoms with E-state index in [1.54, 1.807) is 19.1 Å². The van der Waals surface area contributed by atoms with Crippen molar-refractivity contribution in [2.75, 3.05) is 31.2 Å². The summed E-state index contributed by atoms with van der Waals surface area (Å²) < 4.78 is 26.2. The molecule has 0 saturated carbocycles. The van der Waals surface area contributed by atoms with Crippen LogP contribution in [0.1, 0.15) is 6.92 Å². The summed E-state index contributed by atoms with van der Waals surface area (Å²) in [6, 6.07) is 4.77. The predicted octanol–water partition coefficient (Wildman–Crippen LogP) is 1.98. The van der Waals surface area contributed by atoms with Crippen molar-refractivity contribution in [3.63, 3.8) is 0 Å². The lowest BCUT2D eigenvalue weighted by molar-refractivity contribution is 0.122. The normalized spacial score (nSPS) is 14.7. The van der Waals surface area contributed by atoms with E-state index in [1.165, 1.54) is 17.0 Å². The van der Waals surface area contributed by atoms with Crippen LogP contribution in [0.4, 0.5) is 10.1 Å². The Morgan fingerprint density at radius 1 is 1.38 bits per heavy atom. The molecule has 1 saturated heterocycles. The third kappa shape index (κ3) is 3.65. The molecule has 24 heavy (non-hydrogen) atoms. The summed E-state index contributed by atoms with van der Waals surface area (Å²) in [5.74, 6) is -0.366. The minimum atomic E-state index is -0.516. The number of nitrogens with zero attached hydrogens (tertiary/aromatic N) is 2. The van der Waals surface area contributed by atoms with E-state index in [0.29, 0.717) is 48.1 Å². The predicted molar refractivity (Wildman–Crippen MR) is 92.8 cm³/mol. The first-order chi connectivity index (χ1) is 11.5. The smallest absolute Gasteiger partial charge is 0.365 e. The molecule has 1 N–H and O–H groups in total. The number of nitrogens with one attached hydrogen (secondary N) is 1. The van der Waals surface area contributed by atoms with E-state index in [1.807, 2.05) is 4.90 Å². The number of rotatable bonds is 4. The van der Waals surface area contributed by atoms with Crippen LogP contribution >= 0.6 is 12.2 Å². The number of benzene rings is 1. The Hall–Kier alpha value is -2.19. The highest BCUT2D eigenvalue weighted by atomic mass is 32.1. The van der Waals surface area contributed by atoms with E-state index in [-0.39, 0.29) is 12.5 Å². The third-order valence-electron chi connectivity index (χ3n) is 3.79. The fraction of sp³-hybridized carbons (Fsp3) is 0.375. The fourth-order valence-electron chi connectivity index (χ4n) is 2.57. The van der Waals surface area contributed by atoms with Gasteiger partial charge in [0.1, 0.15) is 12.5 Å². The van der Waals surface area contributed by atoms with E-state index in [2.05, 4.69) is 5.32 Å². The molecular formula is C16H18FN3O3S. The third-order valence-corrected chi connectivity index (χ3v) is 3.93. The van der Waals surface area contributed by atoms with Crippen LogP contribution in [0, 0.1) is 5.82 Å². The van der Waals surface area contributed by atoms with Crippen LogP contribution in [-0.2, 0) is 11.4 Å². The molecule has 1 aliphatic rings. The quantitative estimate of drug-likeness (QED) is 0.850. The number of halogens is 1. The van der Waals surface area contributed by atoms with Crippen LogP contribution in [0.2, 0.25) is 0 Å². The van der Waals surface area contributed by atoms with Crippen LogP contribution in [0.3, 0.4) is 0 Å². The average Bonchev–Trinajstić information content (AvgIpc) is 2.94. The molecule has 6 nitrogen and oxygen atoms in total.